The number of nitrogens with zero attached hydrogens (tertiary/aromatic N) is 5. The second-order valence-electron chi connectivity index (χ2n) is 6.23. The number of alkyl halides is 3. The van der Waals surface area contributed by atoms with Gasteiger partial charge in [-0.15, -0.1) is 0 Å². The summed E-state index contributed by atoms with van der Waals surface area (Å²) in [6, 6.07) is 4.68. The molecule has 0 saturated carbocycles. The van der Waals surface area contributed by atoms with E-state index in [1.54, 1.807) is 30.5 Å². The van der Waals surface area contributed by atoms with Gasteiger partial charge in [0.2, 0.25) is 0 Å². The van der Waals surface area contributed by atoms with Crippen LogP contribution in [0.15, 0.2) is 41.4 Å². The van der Waals surface area contributed by atoms with E-state index in [1.807, 2.05) is 6.07 Å². The lowest BCUT2D eigenvalue weighted by molar-refractivity contribution is -0.141. The summed E-state index contributed by atoms with van der Waals surface area (Å²) in [5, 5.41) is 0.928. The smallest absolute Gasteiger partial charge is 0.433 e. The highest BCUT2D eigenvalue weighted by atomic mass is 19.4. The number of hydrogen-bond donors (Lipinski definition) is 0. The molecule has 4 rings (SSSR count). The molecule has 26 heavy (non-hydrogen) atoms. The van der Waals surface area contributed by atoms with Gasteiger partial charge in [0, 0.05) is 38.4 Å². The van der Waals surface area contributed by atoms with E-state index in [0.29, 0.717) is 6.54 Å². The molecule has 136 valence electrons. The Labute approximate surface area is 147 Å². The third-order valence-electron chi connectivity index (χ3n) is 4.67. The summed E-state index contributed by atoms with van der Waals surface area (Å²) in [5.41, 5.74) is -0.175. The average Bonchev–Trinajstić information content (AvgIpc) is 3.29. The molecule has 1 fully saturated rings. The van der Waals surface area contributed by atoms with Crippen LogP contribution in [-0.2, 0) is 6.18 Å². The molecule has 0 radical (unpaired) electrons. The number of rotatable bonds is 3. The fourth-order valence-electron chi connectivity index (χ4n) is 3.26. The van der Waals surface area contributed by atoms with Crippen LogP contribution in [0.1, 0.15) is 12.1 Å². The second-order valence-corrected chi connectivity index (χ2v) is 6.23. The summed E-state index contributed by atoms with van der Waals surface area (Å²) < 4.78 is 44.0. The number of anilines is 2. The normalized spacial score (nSPS) is 17.8. The van der Waals surface area contributed by atoms with E-state index in [-0.39, 0.29) is 11.9 Å². The molecule has 0 aromatic carbocycles. The Balaban J connectivity index is 1.54. The first kappa shape index (κ1) is 16.6. The fraction of sp³-hybridized carbons (Fsp3) is 0.353. The van der Waals surface area contributed by atoms with Gasteiger partial charge in [0.05, 0.1) is 11.6 Å². The Morgan fingerprint density at radius 2 is 2.08 bits per heavy atom. The lowest BCUT2D eigenvalue weighted by Crippen LogP contribution is -2.35. The van der Waals surface area contributed by atoms with Crippen LogP contribution in [0.3, 0.4) is 0 Å². The van der Waals surface area contributed by atoms with Crippen molar-refractivity contribution in [1.82, 2.24) is 15.0 Å². The number of furan rings is 1. The molecule has 1 aliphatic heterocycles. The molecule has 6 nitrogen and oxygen atoms in total. The third kappa shape index (κ3) is 2.93. The molecule has 0 N–H and O–H groups in total. The summed E-state index contributed by atoms with van der Waals surface area (Å²) in [4.78, 5) is 15.7. The molecule has 4 heterocycles. The van der Waals surface area contributed by atoms with Crippen LogP contribution in [0.2, 0.25) is 0 Å². The minimum Gasteiger partial charge on any atom is -0.464 e. The van der Waals surface area contributed by atoms with Crippen molar-refractivity contribution in [3.8, 4) is 0 Å². The largest absolute Gasteiger partial charge is 0.464 e. The SMILES string of the molecule is CN(c1cc(C(F)(F)F)ncn1)C1CCN(c2nccc3occc23)C1. The highest BCUT2D eigenvalue weighted by Crippen LogP contribution is 2.32. The summed E-state index contributed by atoms with van der Waals surface area (Å²) in [6.45, 7) is 1.39. The molecule has 0 amide bonds. The van der Waals surface area contributed by atoms with Gasteiger partial charge in [-0.2, -0.15) is 13.2 Å². The monoisotopic (exact) mass is 363 g/mol. The van der Waals surface area contributed by atoms with Crippen molar-refractivity contribution >= 4 is 22.6 Å². The molecule has 9 heteroatoms. The van der Waals surface area contributed by atoms with Crippen molar-refractivity contribution in [2.75, 3.05) is 29.9 Å². The second kappa shape index (κ2) is 6.15. The summed E-state index contributed by atoms with van der Waals surface area (Å²) >= 11 is 0. The maximum absolute atomic E-state index is 12.9. The molecule has 1 aliphatic rings. The first-order valence-electron chi connectivity index (χ1n) is 8.13. The number of hydrogen-bond acceptors (Lipinski definition) is 6. The van der Waals surface area contributed by atoms with Gasteiger partial charge in [-0.25, -0.2) is 15.0 Å². The lowest BCUT2D eigenvalue weighted by Gasteiger charge is -2.26. The fourth-order valence-corrected chi connectivity index (χ4v) is 3.26. The standard InChI is InChI=1S/C17H16F3N5O/c1-24(15-8-14(17(18,19)20)22-10-23-15)11-3-6-25(9-11)16-12-4-7-26-13(12)2-5-21-16/h2,4-5,7-8,10-11H,3,6,9H2,1H3. The Morgan fingerprint density at radius 1 is 1.23 bits per heavy atom. The van der Waals surface area contributed by atoms with Crippen molar-refractivity contribution in [2.24, 2.45) is 0 Å². The minimum absolute atomic E-state index is 0.0231. The first-order chi connectivity index (χ1) is 12.4. The Morgan fingerprint density at radius 3 is 2.88 bits per heavy atom. The van der Waals surface area contributed by atoms with E-state index in [9.17, 15) is 13.2 Å². The van der Waals surface area contributed by atoms with Gasteiger partial charge in [-0.3, -0.25) is 0 Å². The van der Waals surface area contributed by atoms with Gasteiger partial charge in [0.1, 0.15) is 29.2 Å². The van der Waals surface area contributed by atoms with Crippen LogP contribution < -0.4 is 9.80 Å². The van der Waals surface area contributed by atoms with Gasteiger partial charge in [-0.1, -0.05) is 0 Å². The van der Waals surface area contributed by atoms with Crippen LogP contribution in [0, 0.1) is 0 Å². The van der Waals surface area contributed by atoms with Gasteiger partial charge >= 0.3 is 6.18 Å². The quantitative estimate of drug-likeness (QED) is 0.711. The average molecular weight is 363 g/mol. The van der Waals surface area contributed by atoms with E-state index < -0.39 is 11.9 Å². The van der Waals surface area contributed by atoms with E-state index in [4.69, 9.17) is 4.42 Å². The highest BCUT2D eigenvalue weighted by Gasteiger charge is 2.34. The van der Waals surface area contributed by atoms with E-state index >= 15 is 0 Å². The maximum Gasteiger partial charge on any atom is 0.433 e. The van der Waals surface area contributed by atoms with Crippen LogP contribution in [0.25, 0.3) is 11.0 Å². The molecule has 1 unspecified atom stereocenters. The number of halogens is 3. The molecule has 0 aliphatic carbocycles. The van der Waals surface area contributed by atoms with E-state index in [1.165, 1.54) is 0 Å². The topological polar surface area (TPSA) is 58.3 Å². The zero-order valence-electron chi connectivity index (χ0n) is 13.9. The number of pyridine rings is 1. The Hall–Kier alpha value is -2.84. The van der Waals surface area contributed by atoms with Gasteiger partial charge in [0.15, 0.2) is 0 Å². The number of likely N-dealkylation sites (N-methyl/N-ethyl adjacent to an activating group) is 1. The molecule has 1 saturated heterocycles. The van der Waals surface area contributed by atoms with Gasteiger partial charge < -0.3 is 14.2 Å². The minimum atomic E-state index is -4.49. The van der Waals surface area contributed by atoms with Crippen molar-refractivity contribution in [1.29, 1.82) is 0 Å². The van der Waals surface area contributed by atoms with Gasteiger partial charge in [0.25, 0.3) is 0 Å². The molecule has 0 bridgehead atoms. The van der Waals surface area contributed by atoms with Crippen LogP contribution in [0.4, 0.5) is 24.8 Å². The lowest BCUT2D eigenvalue weighted by atomic mass is 10.2. The zero-order chi connectivity index (χ0) is 18.3. The predicted molar refractivity (Wildman–Crippen MR) is 90.1 cm³/mol. The summed E-state index contributed by atoms with van der Waals surface area (Å²) in [6.07, 6.45) is 0.571. The van der Waals surface area contributed by atoms with Crippen molar-refractivity contribution in [3.05, 3.63) is 42.7 Å². The molecular formula is C17H16F3N5O. The first-order valence-corrected chi connectivity index (χ1v) is 8.13. The zero-order valence-corrected chi connectivity index (χ0v) is 13.9. The Kier molecular flexibility index (Phi) is 3.93. The summed E-state index contributed by atoms with van der Waals surface area (Å²) in [7, 11) is 1.75. The van der Waals surface area contributed by atoms with Crippen LogP contribution in [0.5, 0.6) is 0 Å². The predicted octanol–water partition coefficient (Wildman–Crippen LogP) is 3.35. The van der Waals surface area contributed by atoms with Crippen LogP contribution in [-0.4, -0.2) is 41.1 Å². The third-order valence-corrected chi connectivity index (χ3v) is 4.67. The molecule has 0 spiro atoms. The molecule has 3 aromatic heterocycles. The van der Waals surface area contributed by atoms with Gasteiger partial charge in [-0.05, 0) is 18.6 Å². The number of fused-ring (bicyclic) bond motifs is 1. The molecular weight excluding hydrogens is 347 g/mol. The maximum atomic E-state index is 12.9. The van der Waals surface area contributed by atoms with E-state index in [0.717, 1.165) is 42.1 Å². The highest BCUT2D eigenvalue weighted by molar-refractivity contribution is 5.88. The van der Waals surface area contributed by atoms with Crippen molar-refractivity contribution < 1.29 is 17.6 Å². The Bertz CT molecular complexity index is 926. The molecule has 1 atom stereocenters. The molecule has 3 aromatic rings. The number of aromatic nitrogens is 3. The van der Waals surface area contributed by atoms with Crippen LogP contribution >= 0.6 is 0 Å². The van der Waals surface area contributed by atoms with Crippen molar-refractivity contribution in [2.45, 2.75) is 18.6 Å². The van der Waals surface area contributed by atoms with E-state index in [2.05, 4.69) is 19.9 Å². The summed E-state index contributed by atoms with van der Waals surface area (Å²) in [5.74, 6) is 1.08. The van der Waals surface area contributed by atoms with Crippen molar-refractivity contribution in [3.63, 3.8) is 0 Å².